The molecule has 3 rings (SSSR count). The molecular formula is C24H31NO5S2. The number of ether oxygens (including phenoxy) is 1. The van der Waals surface area contributed by atoms with Crippen LogP contribution in [0.4, 0.5) is 0 Å². The van der Waals surface area contributed by atoms with E-state index in [0.717, 1.165) is 4.90 Å². The number of aliphatic hydroxyl groups is 1. The highest BCUT2D eigenvalue weighted by molar-refractivity contribution is 8.01. The molecule has 0 saturated carbocycles. The maximum Gasteiger partial charge on any atom is 0.214 e. The van der Waals surface area contributed by atoms with E-state index in [9.17, 15) is 18.3 Å². The third-order valence-corrected chi connectivity index (χ3v) is 8.17. The molecule has 0 aromatic heterocycles. The summed E-state index contributed by atoms with van der Waals surface area (Å²) in [6.45, 7) is 4.39. The highest BCUT2D eigenvalue weighted by Crippen LogP contribution is 2.35. The molecule has 2 aliphatic rings. The number of hydrogen-bond acceptors (Lipinski definition) is 6. The molecule has 0 saturated heterocycles. The van der Waals surface area contributed by atoms with E-state index in [2.05, 4.69) is 24.6 Å². The Morgan fingerprint density at radius 1 is 1.25 bits per heavy atom. The SMILES string of the molecule is CC(C)c1ccccc1SC1C=CC=C(C(CCO)CS(=O)(=O)NC2CC=CCO2)C1=O. The van der Waals surface area contributed by atoms with Gasteiger partial charge in [-0.3, -0.25) is 4.79 Å². The van der Waals surface area contributed by atoms with Crippen molar-refractivity contribution in [2.24, 2.45) is 5.92 Å². The van der Waals surface area contributed by atoms with Crippen LogP contribution in [0.15, 0.2) is 65.1 Å². The minimum absolute atomic E-state index is 0.110. The van der Waals surface area contributed by atoms with Crippen LogP contribution < -0.4 is 4.72 Å². The van der Waals surface area contributed by atoms with E-state index in [4.69, 9.17) is 4.74 Å². The van der Waals surface area contributed by atoms with Crippen LogP contribution in [0.5, 0.6) is 0 Å². The lowest BCUT2D eigenvalue weighted by Gasteiger charge is -2.26. The summed E-state index contributed by atoms with van der Waals surface area (Å²) < 4.78 is 33.5. The highest BCUT2D eigenvalue weighted by Gasteiger charge is 2.32. The van der Waals surface area contributed by atoms with E-state index in [-0.39, 0.29) is 24.6 Å². The molecule has 1 heterocycles. The standard InChI is InChI=1S/C24H31NO5S2/c1-17(2)19-8-3-4-10-21(19)31-22-11-7-9-20(24(22)27)18(13-14-26)16-32(28,29)25-23-12-5-6-15-30-23/h3-11,17-18,22-23,25-26H,12-16H2,1-2H3. The van der Waals surface area contributed by atoms with Crippen LogP contribution in [0.1, 0.15) is 38.2 Å². The van der Waals surface area contributed by atoms with Gasteiger partial charge in [-0.25, -0.2) is 8.42 Å². The molecule has 174 valence electrons. The van der Waals surface area contributed by atoms with Gasteiger partial charge in [-0.15, -0.1) is 11.8 Å². The van der Waals surface area contributed by atoms with Gasteiger partial charge in [0.2, 0.25) is 10.0 Å². The van der Waals surface area contributed by atoms with Crippen LogP contribution in [0.3, 0.4) is 0 Å². The van der Waals surface area contributed by atoms with E-state index in [0.29, 0.717) is 24.5 Å². The number of sulfonamides is 1. The predicted molar refractivity (Wildman–Crippen MR) is 128 cm³/mol. The van der Waals surface area contributed by atoms with Gasteiger partial charge in [-0.05, 0) is 24.0 Å². The molecule has 2 N–H and O–H groups in total. The number of Topliss-reactive ketones (excluding diaryl/α,β-unsaturated/α-hetero) is 1. The molecule has 0 bridgehead atoms. The number of ketones is 1. The molecule has 0 spiro atoms. The summed E-state index contributed by atoms with van der Waals surface area (Å²) in [5.74, 6) is -0.659. The first-order valence-corrected chi connectivity index (χ1v) is 13.4. The molecule has 0 amide bonds. The van der Waals surface area contributed by atoms with E-state index in [1.54, 1.807) is 6.08 Å². The summed E-state index contributed by atoms with van der Waals surface area (Å²) in [6, 6.07) is 8.02. The molecule has 3 atom stereocenters. The highest BCUT2D eigenvalue weighted by atomic mass is 32.2. The number of carbonyl (C=O) groups excluding carboxylic acids is 1. The fraction of sp³-hybridized carbons (Fsp3) is 0.458. The Kier molecular flexibility index (Phi) is 8.90. The minimum Gasteiger partial charge on any atom is -0.396 e. The van der Waals surface area contributed by atoms with Crippen molar-refractivity contribution in [3.8, 4) is 0 Å². The van der Waals surface area contributed by atoms with E-state index in [1.807, 2.05) is 42.5 Å². The number of aliphatic hydroxyl groups excluding tert-OH is 1. The molecule has 6 nitrogen and oxygen atoms in total. The zero-order chi connectivity index (χ0) is 23.1. The number of rotatable bonds is 10. The zero-order valence-electron chi connectivity index (χ0n) is 18.4. The van der Waals surface area contributed by atoms with Crippen molar-refractivity contribution >= 4 is 27.6 Å². The normalized spacial score (nSPS) is 22.2. The number of carbonyl (C=O) groups is 1. The number of nitrogens with one attached hydrogen (secondary N) is 1. The van der Waals surface area contributed by atoms with Gasteiger partial charge in [-0.2, -0.15) is 4.72 Å². The summed E-state index contributed by atoms with van der Waals surface area (Å²) in [5, 5.41) is 9.13. The second-order valence-electron chi connectivity index (χ2n) is 8.24. The Bertz CT molecular complexity index is 997. The molecule has 1 aromatic carbocycles. The van der Waals surface area contributed by atoms with Gasteiger partial charge in [0.1, 0.15) is 6.23 Å². The third-order valence-electron chi connectivity index (χ3n) is 5.46. The van der Waals surface area contributed by atoms with E-state index >= 15 is 0 Å². The van der Waals surface area contributed by atoms with Gasteiger partial charge in [0.05, 0.1) is 17.6 Å². The second kappa shape index (κ2) is 11.4. The number of thioether (sulfide) groups is 1. The van der Waals surface area contributed by atoms with Gasteiger partial charge in [0, 0.05) is 29.4 Å². The molecule has 0 radical (unpaired) electrons. The van der Waals surface area contributed by atoms with E-state index in [1.165, 1.54) is 17.3 Å². The van der Waals surface area contributed by atoms with Crippen molar-refractivity contribution in [1.29, 1.82) is 0 Å². The number of benzene rings is 1. The fourth-order valence-corrected chi connectivity index (χ4v) is 6.65. The molecule has 3 unspecified atom stereocenters. The quantitative estimate of drug-likeness (QED) is 0.501. The monoisotopic (exact) mass is 477 g/mol. The summed E-state index contributed by atoms with van der Waals surface area (Å²) >= 11 is 1.48. The molecule has 8 heteroatoms. The number of hydrogen-bond donors (Lipinski definition) is 2. The lowest BCUT2D eigenvalue weighted by molar-refractivity contribution is -0.115. The van der Waals surface area contributed by atoms with Gasteiger partial charge >= 0.3 is 0 Å². The van der Waals surface area contributed by atoms with Crippen molar-refractivity contribution in [3.05, 3.63) is 65.8 Å². The predicted octanol–water partition coefficient (Wildman–Crippen LogP) is 3.56. The molecule has 1 aliphatic heterocycles. The largest absolute Gasteiger partial charge is 0.396 e. The summed E-state index contributed by atoms with van der Waals surface area (Å²) in [7, 11) is -3.71. The van der Waals surface area contributed by atoms with Crippen LogP contribution in [-0.4, -0.2) is 49.8 Å². The molecule has 32 heavy (non-hydrogen) atoms. The van der Waals surface area contributed by atoms with Crippen LogP contribution >= 0.6 is 11.8 Å². The van der Waals surface area contributed by atoms with Gasteiger partial charge in [0.25, 0.3) is 0 Å². The Morgan fingerprint density at radius 3 is 2.72 bits per heavy atom. The first kappa shape index (κ1) is 24.9. The van der Waals surface area contributed by atoms with Crippen LogP contribution in [0, 0.1) is 5.92 Å². The van der Waals surface area contributed by atoms with E-state index < -0.39 is 27.4 Å². The smallest absolute Gasteiger partial charge is 0.214 e. The zero-order valence-corrected chi connectivity index (χ0v) is 20.1. The molecule has 0 fully saturated rings. The van der Waals surface area contributed by atoms with Crippen molar-refractivity contribution in [2.75, 3.05) is 19.0 Å². The average molecular weight is 478 g/mol. The Labute approximate surface area is 194 Å². The topological polar surface area (TPSA) is 92.7 Å². The van der Waals surface area contributed by atoms with Crippen molar-refractivity contribution in [2.45, 2.75) is 49.0 Å². The molecule has 1 aliphatic carbocycles. The molecular weight excluding hydrogens is 446 g/mol. The Morgan fingerprint density at radius 2 is 2.03 bits per heavy atom. The van der Waals surface area contributed by atoms with Crippen LogP contribution in [0.25, 0.3) is 0 Å². The van der Waals surface area contributed by atoms with Crippen molar-refractivity contribution in [3.63, 3.8) is 0 Å². The first-order valence-electron chi connectivity index (χ1n) is 10.9. The Hall–Kier alpha value is -1.71. The van der Waals surface area contributed by atoms with Gasteiger partial charge in [-0.1, -0.05) is 62.4 Å². The lowest BCUT2D eigenvalue weighted by Crippen LogP contribution is -2.41. The van der Waals surface area contributed by atoms with Crippen LogP contribution in [0.2, 0.25) is 0 Å². The van der Waals surface area contributed by atoms with Gasteiger partial charge < -0.3 is 9.84 Å². The maximum absolute atomic E-state index is 13.3. The van der Waals surface area contributed by atoms with Crippen molar-refractivity contribution in [1.82, 2.24) is 4.72 Å². The summed E-state index contributed by atoms with van der Waals surface area (Å²) in [5.41, 5.74) is 1.62. The average Bonchev–Trinajstić information content (AvgIpc) is 2.75. The second-order valence-corrected chi connectivity index (χ2v) is 11.2. The maximum atomic E-state index is 13.3. The van der Waals surface area contributed by atoms with Gasteiger partial charge in [0.15, 0.2) is 5.78 Å². The number of allylic oxidation sites excluding steroid dienone is 3. The fourth-order valence-electron chi connectivity index (χ4n) is 3.83. The summed E-state index contributed by atoms with van der Waals surface area (Å²) in [4.78, 5) is 14.4. The third kappa shape index (κ3) is 6.65. The first-order chi connectivity index (χ1) is 15.3. The minimum atomic E-state index is -3.71. The van der Waals surface area contributed by atoms with Crippen LogP contribution in [-0.2, 0) is 19.6 Å². The Balaban J connectivity index is 1.74. The summed E-state index contributed by atoms with van der Waals surface area (Å²) in [6.07, 6.45) is 9.10. The molecule has 1 aromatic rings. The lowest BCUT2D eigenvalue weighted by atomic mass is 9.90. The van der Waals surface area contributed by atoms with Crippen molar-refractivity contribution < 1.29 is 23.1 Å².